The number of anilines is 1. The summed E-state index contributed by atoms with van der Waals surface area (Å²) in [6.07, 6.45) is 0. The molecule has 17 heavy (non-hydrogen) atoms. The third-order valence-electron chi connectivity index (χ3n) is 2.60. The van der Waals surface area contributed by atoms with E-state index < -0.39 is 5.92 Å². The van der Waals surface area contributed by atoms with Gasteiger partial charge in [-0.3, -0.25) is 4.79 Å². The van der Waals surface area contributed by atoms with Gasteiger partial charge in [-0.2, -0.15) is 5.26 Å². The van der Waals surface area contributed by atoms with Crippen LogP contribution in [0.2, 0.25) is 0 Å². The Bertz CT molecular complexity index is 451. The lowest BCUT2D eigenvalue weighted by atomic mass is 9.96. The van der Waals surface area contributed by atoms with Gasteiger partial charge >= 0.3 is 0 Å². The van der Waals surface area contributed by atoms with Crippen LogP contribution in [0, 0.1) is 23.2 Å². The van der Waals surface area contributed by atoms with Crippen molar-refractivity contribution in [2.24, 2.45) is 11.8 Å². The maximum absolute atomic E-state index is 12.1. The molecule has 0 N–H and O–H groups in total. The van der Waals surface area contributed by atoms with Crippen LogP contribution in [-0.2, 0) is 4.79 Å². The molecule has 1 unspecified atom stereocenters. The standard InChI is InChI=1S/C13H15BrN2O/c1-9(2)12(8-15)13(17)16(3)11-6-4-5-10(14)7-11/h4-7,9,12H,1-3H3. The van der Waals surface area contributed by atoms with Crippen LogP contribution in [0.1, 0.15) is 13.8 Å². The summed E-state index contributed by atoms with van der Waals surface area (Å²) < 4.78 is 0.910. The van der Waals surface area contributed by atoms with Gasteiger partial charge in [0.25, 0.3) is 0 Å². The maximum Gasteiger partial charge on any atom is 0.244 e. The number of halogens is 1. The number of carbonyl (C=O) groups is 1. The SMILES string of the molecule is CC(C)C(C#N)C(=O)N(C)c1cccc(Br)c1. The van der Waals surface area contributed by atoms with Gasteiger partial charge in [0.2, 0.25) is 5.91 Å². The van der Waals surface area contributed by atoms with Crippen LogP contribution in [0.15, 0.2) is 28.7 Å². The molecule has 1 rings (SSSR count). The molecule has 0 aliphatic carbocycles. The first kappa shape index (κ1) is 13.7. The van der Waals surface area contributed by atoms with Crippen LogP contribution >= 0.6 is 15.9 Å². The Labute approximate surface area is 110 Å². The minimum Gasteiger partial charge on any atom is -0.314 e. The second-order valence-electron chi connectivity index (χ2n) is 4.23. The second kappa shape index (κ2) is 5.83. The van der Waals surface area contributed by atoms with Crippen molar-refractivity contribution < 1.29 is 4.79 Å². The molecular weight excluding hydrogens is 280 g/mol. The van der Waals surface area contributed by atoms with Gasteiger partial charge in [0.1, 0.15) is 5.92 Å². The van der Waals surface area contributed by atoms with E-state index in [1.54, 1.807) is 7.05 Å². The first-order valence-electron chi connectivity index (χ1n) is 5.40. The molecule has 0 aliphatic heterocycles. The van der Waals surface area contributed by atoms with E-state index in [0.29, 0.717) is 0 Å². The summed E-state index contributed by atoms with van der Waals surface area (Å²) in [5.74, 6) is -0.748. The fraction of sp³-hybridized carbons (Fsp3) is 0.385. The molecular formula is C13H15BrN2O. The van der Waals surface area contributed by atoms with E-state index in [2.05, 4.69) is 22.0 Å². The normalized spacial score (nSPS) is 12.0. The van der Waals surface area contributed by atoms with Crippen molar-refractivity contribution in [3.05, 3.63) is 28.7 Å². The Morgan fingerprint density at radius 1 is 1.47 bits per heavy atom. The number of amides is 1. The molecule has 0 saturated heterocycles. The van der Waals surface area contributed by atoms with Crippen molar-refractivity contribution in [1.82, 2.24) is 0 Å². The summed E-state index contributed by atoms with van der Waals surface area (Å²) in [6, 6.07) is 9.52. The van der Waals surface area contributed by atoms with E-state index >= 15 is 0 Å². The summed E-state index contributed by atoms with van der Waals surface area (Å²) in [5.41, 5.74) is 0.783. The van der Waals surface area contributed by atoms with Gasteiger partial charge in [-0.15, -0.1) is 0 Å². The largest absolute Gasteiger partial charge is 0.314 e. The topological polar surface area (TPSA) is 44.1 Å². The molecule has 0 bridgehead atoms. The monoisotopic (exact) mass is 294 g/mol. The van der Waals surface area contributed by atoms with Gasteiger partial charge in [-0.05, 0) is 24.1 Å². The molecule has 90 valence electrons. The second-order valence-corrected chi connectivity index (χ2v) is 5.14. The van der Waals surface area contributed by atoms with Crippen molar-refractivity contribution >= 4 is 27.5 Å². The van der Waals surface area contributed by atoms with Crippen LogP contribution in [0.25, 0.3) is 0 Å². The first-order valence-corrected chi connectivity index (χ1v) is 6.19. The van der Waals surface area contributed by atoms with E-state index in [9.17, 15) is 4.79 Å². The van der Waals surface area contributed by atoms with E-state index in [4.69, 9.17) is 5.26 Å². The first-order chi connectivity index (χ1) is 7.97. The van der Waals surface area contributed by atoms with Gasteiger partial charge in [0.15, 0.2) is 0 Å². The Kier molecular flexibility index (Phi) is 4.71. The molecule has 0 fully saturated rings. The van der Waals surface area contributed by atoms with Crippen LogP contribution in [0.3, 0.4) is 0 Å². The Hall–Kier alpha value is -1.34. The predicted molar refractivity (Wildman–Crippen MR) is 71.5 cm³/mol. The number of nitrogens with zero attached hydrogens (tertiary/aromatic N) is 2. The average Bonchev–Trinajstić information content (AvgIpc) is 2.28. The fourth-order valence-corrected chi connectivity index (χ4v) is 1.90. The highest BCUT2D eigenvalue weighted by atomic mass is 79.9. The Morgan fingerprint density at radius 3 is 2.59 bits per heavy atom. The van der Waals surface area contributed by atoms with Crippen LogP contribution in [0.4, 0.5) is 5.69 Å². The molecule has 4 heteroatoms. The number of carbonyl (C=O) groups excluding carboxylic acids is 1. The molecule has 1 aromatic rings. The average molecular weight is 295 g/mol. The van der Waals surface area contributed by atoms with Gasteiger partial charge in [-0.25, -0.2) is 0 Å². The van der Waals surface area contributed by atoms with Crippen LogP contribution in [0.5, 0.6) is 0 Å². The Morgan fingerprint density at radius 2 is 2.12 bits per heavy atom. The highest BCUT2D eigenvalue weighted by Crippen LogP contribution is 2.22. The zero-order valence-electron chi connectivity index (χ0n) is 10.1. The molecule has 3 nitrogen and oxygen atoms in total. The van der Waals surface area contributed by atoms with E-state index in [1.165, 1.54) is 4.90 Å². The molecule has 0 saturated carbocycles. The van der Waals surface area contributed by atoms with Crippen molar-refractivity contribution in [2.45, 2.75) is 13.8 Å². The zero-order chi connectivity index (χ0) is 13.0. The molecule has 1 amide bonds. The van der Waals surface area contributed by atoms with Gasteiger partial charge < -0.3 is 4.90 Å². The van der Waals surface area contributed by atoms with Crippen LogP contribution in [-0.4, -0.2) is 13.0 Å². The number of benzene rings is 1. The van der Waals surface area contributed by atoms with E-state index in [1.807, 2.05) is 38.1 Å². The van der Waals surface area contributed by atoms with Gasteiger partial charge in [0, 0.05) is 17.2 Å². The predicted octanol–water partition coefficient (Wildman–Crippen LogP) is 3.21. The van der Waals surface area contributed by atoms with Gasteiger partial charge in [0.05, 0.1) is 6.07 Å². The summed E-state index contributed by atoms with van der Waals surface area (Å²) in [6.45, 7) is 3.75. The molecule has 1 aromatic carbocycles. The molecule has 0 radical (unpaired) electrons. The Balaban J connectivity index is 2.94. The minimum absolute atomic E-state index is 0.0158. The van der Waals surface area contributed by atoms with E-state index in [0.717, 1.165) is 10.2 Å². The number of hydrogen-bond acceptors (Lipinski definition) is 2. The number of hydrogen-bond donors (Lipinski definition) is 0. The quantitative estimate of drug-likeness (QED) is 0.859. The molecule has 1 atom stereocenters. The van der Waals surface area contributed by atoms with E-state index in [-0.39, 0.29) is 11.8 Å². The molecule has 0 heterocycles. The number of nitriles is 1. The maximum atomic E-state index is 12.1. The summed E-state index contributed by atoms with van der Waals surface area (Å²) in [4.78, 5) is 13.6. The molecule has 0 aliphatic rings. The fourth-order valence-electron chi connectivity index (χ4n) is 1.51. The molecule has 0 spiro atoms. The summed E-state index contributed by atoms with van der Waals surface area (Å²) in [5, 5.41) is 9.01. The minimum atomic E-state index is -0.598. The highest BCUT2D eigenvalue weighted by molar-refractivity contribution is 9.10. The van der Waals surface area contributed by atoms with Crippen molar-refractivity contribution in [1.29, 1.82) is 5.26 Å². The van der Waals surface area contributed by atoms with Gasteiger partial charge in [-0.1, -0.05) is 35.8 Å². The lowest BCUT2D eigenvalue weighted by molar-refractivity contribution is -0.121. The third kappa shape index (κ3) is 3.31. The third-order valence-corrected chi connectivity index (χ3v) is 3.09. The summed E-state index contributed by atoms with van der Waals surface area (Å²) >= 11 is 3.36. The number of rotatable bonds is 3. The highest BCUT2D eigenvalue weighted by Gasteiger charge is 2.25. The van der Waals surface area contributed by atoms with Crippen LogP contribution < -0.4 is 4.90 Å². The lowest BCUT2D eigenvalue weighted by Gasteiger charge is -2.22. The van der Waals surface area contributed by atoms with Crippen molar-refractivity contribution in [3.8, 4) is 6.07 Å². The smallest absolute Gasteiger partial charge is 0.244 e. The molecule has 0 aromatic heterocycles. The summed E-state index contributed by atoms with van der Waals surface area (Å²) in [7, 11) is 1.69. The van der Waals surface area contributed by atoms with Crippen molar-refractivity contribution in [2.75, 3.05) is 11.9 Å². The van der Waals surface area contributed by atoms with Crippen molar-refractivity contribution in [3.63, 3.8) is 0 Å². The zero-order valence-corrected chi connectivity index (χ0v) is 11.7. The lowest BCUT2D eigenvalue weighted by Crippen LogP contribution is -2.34.